The third-order valence-electron chi connectivity index (χ3n) is 6.62. The number of aliphatic imine (C=N–C) groups is 1. The van der Waals surface area contributed by atoms with E-state index in [-0.39, 0.29) is 28.3 Å². The molecule has 2 aliphatic rings. The van der Waals surface area contributed by atoms with Gasteiger partial charge in [0.25, 0.3) is 5.56 Å². The van der Waals surface area contributed by atoms with Crippen molar-refractivity contribution in [3.05, 3.63) is 58.3 Å². The minimum Gasteiger partial charge on any atom is -0.507 e. The van der Waals surface area contributed by atoms with Crippen LogP contribution in [0.4, 0.5) is 10.1 Å². The second-order valence-electron chi connectivity index (χ2n) is 8.69. The summed E-state index contributed by atoms with van der Waals surface area (Å²) < 4.78 is 16.9. The fraction of sp³-hybridized carbons (Fsp3) is 0.333. The van der Waals surface area contributed by atoms with Gasteiger partial charge in [-0.1, -0.05) is 0 Å². The van der Waals surface area contributed by atoms with Crippen LogP contribution in [0.2, 0.25) is 0 Å². The topological polar surface area (TPSA) is 92.6 Å². The number of nitrogen functional groups attached to an aromatic ring is 1. The van der Waals surface area contributed by atoms with Crippen molar-refractivity contribution in [3.63, 3.8) is 0 Å². The Hall–Kier alpha value is -3.19. The molecule has 2 aromatic carbocycles. The van der Waals surface area contributed by atoms with E-state index < -0.39 is 5.82 Å². The highest BCUT2D eigenvalue weighted by molar-refractivity contribution is 5.93. The van der Waals surface area contributed by atoms with Crippen molar-refractivity contribution in [3.8, 4) is 16.9 Å². The maximum atomic E-state index is 15.2. The summed E-state index contributed by atoms with van der Waals surface area (Å²) in [6, 6.07) is 8.00. The number of rotatable bonds is 3. The van der Waals surface area contributed by atoms with Gasteiger partial charge in [0.1, 0.15) is 11.6 Å². The number of hydrogen-bond donors (Lipinski definition) is 3. The van der Waals surface area contributed by atoms with Crippen LogP contribution < -0.4 is 16.6 Å². The number of hydrogen-bond acceptors (Lipinski definition) is 5. The molecule has 0 amide bonds. The zero-order chi connectivity index (χ0) is 21.8. The molecule has 7 heteroatoms. The van der Waals surface area contributed by atoms with Crippen molar-refractivity contribution in [2.24, 2.45) is 4.99 Å². The van der Waals surface area contributed by atoms with E-state index >= 15 is 4.39 Å². The Bertz CT molecular complexity index is 1280. The minimum atomic E-state index is -0.594. The molecule has 1 spiro atoms. The number of pyridine rings is 1. The van der Waals surface area contributed by atoms with Crippen LogP contribution in [0.1, 0.15) is 37.3 Å². The lowest BCUT2D eigenvalue weighted by molar-refractivity contribution is 0.282. The molecular formula is C24H25FN4O2. The predicted octanol–water partition coefficient (Wildman–Crippen LogP) is 3.60. The molecule has 1 saturated heterocycles. The second kappa shape index (κ2) is 7.20. The molecule has 1 unspecified atom stereocenters. The number of benzene rings is 2. The molecule has 5 rings (SSSR count). The Kier molecular flexibility index (Phi) is 4.59. The monoisotopic (exact) mass is 420 g/mol. The third kappa shape index (κ3) is 3.39. The van der Waals surface area contributed by atoms with Crippen LogP contribution in [0.5, 0.6) is 5.75 Å². The molecule has 0 bridgehead atoms. The van der Waals surface area contributed by atoms with Crippen LogP contribution in [-0.2, 0) is 0 Å². The van der Waals surface area contributed by atoms with Crippen LogP contribution in [0.25, 0.3) is 21.9 Å². The first-order chi connectivity index (χ1) is 14.9. The molecular weight excluding hydrogens is 395 g/mol. The highest BCUT2D eigenvalue weighted by Gasteiger charge is 2.46. The molecule has 2 heterocycles. The molecule has 2 fully saturated rings. The molecule has 6 nitrogen and oxygen atoms in total. The Labute approximate surface area is 179 Å². The number of nitrogens with two attached hydrogens (primary N) is 1. The van der Waals surface area contributed by atoms with E-state index in [9.17, 15) is 9.90 Å². The number of piperidine rings is 1. The van der Waals surface area contributed by atoms with Gasteiger partial charge in [0.15, 0.2) is 0 Å². The quantitative estimate of drug-likeness (QED) is 0.446. The summed E-state index contributed by atoms with van der Waals surface area (Å²) in [5.74, 6) is -0.647. The number of fused-ring (bicyclic) bond motifs is 1. The van der Waals surface area contributed by atoms with E-state index in [0.29, 0.717) is 27.8 Å². The molecule has 1 aliphatic carbocycles. The van der Waals surface area contributed by atoms with E-state index in [1.165, 1.54) is 12.1 Å². The second-order valence-corrected chi connectivity index (χ2v) is 8.69. The zero-order valence-electron chi connectivity index (χ0n) is 17.4. The largest absolute Gasteiger partial charge is 0.507 e. The highest BCUT2D eigenvalue weighted by Crippen LogP contribution is 2.45. The van der Waals surface area contributed by atoms with E-state index in [1.54, 1.807) is 42.2 Å². The first-order valence-electron chi connectivity index (χ1n) is 10.6. The van der Waals surface area contributed by atoms with Gasteiger partial charge < -0.3 is 20.7 Å². The summed E-state index contributed by atoms with van der Waals surface area (Å²) in [7, 11) is 1.63. The zero-order valence-corrected chi connectivity index (χ0v) is 17.4. The van der Waals surface area contributed by atoms with E-state index in [0.717, 1.165) is 32.2 Å². The smallest absolute Gasteiger partial charge is 0.261 e. The lowest BCUT2D eigenvalue weighted by Gasteiger charge is -2.31. The van der Waals surface area contributed by atoms with Gasteiger partial charge in [-0.05, 0) is 67.4 Å². The normalized spacial score (nSPS) is 20.0. The van der Waals surface area contributed by atoms with Gasteiger partial charge in [0.2, 0.25) is 0 Å². The molecule has 1 atom stereocenters. The summed E-state index contributed by atoms with van der Waals surface area (Å²) in [4.78, 5) is 17.2. The van der Waals surface area contributed by atoms with Crippen LogP contribution in [0, 0.1) is 5.82 Å². The lowest BCUT2D eigenvalue weighted by atomic mass is 9.96. The lowest BCUT2D eigenvalue weighted by Crippen LogP contribution is -2.42. The van der Waals surface area contributed by atoms with Gasteiger partial charge in [-0.2, -0.15) is 0 Å². The first kappa shape index (κ1) is 19.8. The van der Waals surface area contributed by atoms with Gasteiger partial charge in [-0.25, -0.2) is 4.39 Å². The average molecular weight is 420 g/mol. The molecule has 3 aromatic rings. The fourth-order valence-electron chi connectivity index (χ4n) is 4.79. The first-order valence-corrected chi connectivity index (χ1v) is 10.6. The third-order valence-corrected chi connectivity index (χ3v) is 6.62. The van der Waals surface area contributed by atoms with Gasteiger partial charge >= 0.3 is 0 Å². The summed E-state index contributed by atoms with van der Waals surface area (Å²) in [5.41, 5.74) is 7.72. The molecule has 1 saturated carbocycles. The number of phenols is 1. The van der Waals surface area contributed by atoms with Gasteiger partial charge in [-0.3, -0.25) is 9.79 Å². The summed E-state index contributed by atoms with van der Waals surface area (Å²) >= 11 is 0. The number of aromatic nitrogens is 1. The van der Waals surface area contributed by atoms with Crippen LogP contribution in [-0.4, -0.2) is 35.0 Å². The van der Waals surface area contributed by atoms with Crippen molar-refractivity contribution >= 4 is 22.7 Å². The van der Waals surface area contributed by atoms with E-state index in [1.807, 2.05) is 0 Å². The minimum absolute atomic E-state index is 0.0534. The van der Waals surface area contributed by atoms with Crippen molar-refractivity contribution in [1.29, 1.82) is 0 Å². The fourth-order valence-corrected chi connectivity index (χ4v) is 4.79. The molecule has 0 radical (unpaired) electrons. The van der Waals surface area contributed by atoms with E-state index in [4.69, 9.17) is 5.73 Å². The Morgan fingerprint density at radius 2 is 2.13 bits per heavy atom. The molecule has 31 heavy (non-hydrogen) atoms. The van der Waals surface area contributed by atoms with Gasteiger partial charge in [0.05, 0.1) is 5.39 Å². The molecule has 160 valence electrons. The summed E-state index contributed by atoms with van der Waals surface area (Å²) in [6.07, 6.45) is 7.39. The summed E-state index contributed by atoms with van der Waals surface area (Å²) in [6.45, 7) is 0.871. The standard InChI is InChI=1S/C24H25FN4O2/c1-27-13-16-9-18(21(30)11-20(16)26)15-8-14-3-7-29(23(31)22(14)19(25)10-15)17-2-6-28-24(12-17)4-5-24/h3,7-11,13,17,28,30H,2,4-6,12,26H2,1H3. The SMILES string of the molecule is CN=Cc1cc(-c2cc(F)c3c(=O)n(C4CCNC5(CC5)C4)ccc3c2)c(O)cc1N. The molecule has 1 aliphatic heterocycles. The van der Waals surface area contributed by atoms with Gasteiger partial charge in [-0.15, -0.1) is 0 Å². The number of nitrogens with one attached hydrogen (secondary N) is 1. The van der Waals surface area contributed by atoms with Crippen molar-refractivity contribution in [2.75, 3.05) is 19.3 Å². The number of halogens is 1. The summed E-state index contributed by atoms with van der Waals surface area (Å²) in [5, 5.41) is 14.6. The highest BCUT2D eigenvalue weighted by atomic mass is 19.1. The van der Waals surface area contributed by atoms with Crippen molar-refractivity contribution in [1.82, 2.24) is 9.88 Å². The number of phenolic OH excluding ortho intramolecular Hbond substituents is 1. The van der Waals surface area contributed by atoms with Crippen LogP contribution in [0.3, 0.4) is 0 Å². The Balaban J connectivity index is 1.60. The van der Waals surface area contributed by atoms with Crippen molar-refractivity contribution in [2.45, 2.75) is 37.3 Å². The van der Waals surface area contributed by atoms with Crippen LogP contribution >= 0.6 is 0 Å². The maximum Gasteiger partial charge on any atom is 0.261 e. The predicted molar refractivity (Wildman–Crippen MR) is 121 cm³/mol. The number of aromatic hydroxyl groups is 1. The Morgan fingerprint density at radius 1 is 1.32 bits per heavy atom. The average Bonchev–Trinajstić information content (AvgIpc) is 3.48. The number of anilines is 1. The van der Waals surface area contributed by atoms with Gasteiger partial charge in [0, 0.05) is 53.9 Å². The molecule has 1 aromatic heterocycles. The van der Waals surface area contributed by atoms with Crippen LogP contribution in [0.15, 0.2) is 46.3 Å². The molecule has 4 N–H and O–H groups in total. The number of nitrogens with zero attached hydrogens (tertiary/aromatic N) is 2. The van der Waals surface area contributed by atoms with E-state index in [2.05, 4.69) is 10.3 Å². The maximum absolute atomic E-state index is 15.2. The van der Waals surface area contributed by atoms with Crippen molar-refractivity contribution < 1.29 is 9.50 Å². The Morgan fingerprint density at radius 3 is 2.87 bits per heavy atom.